The van der Waals surface area contributed by atoms with Crippen molar-refractivity contribution >= 4 is 32.7 Å². The van der Waals surface area contributed by atoms with Crippen LogP contribution < -0.4 is 10.9 Å². The Morgan fingerprint density at radius 2 is 2.18 bits per heavy atom. The molecule has 1 heterocycles. The number of nitrogens with zero attached hydrogens (tertiary/aromatic N) is 2. The van der Waals surface area contributed by atoms with Gasteiger partial charge in [0.05, 0.1) is 17.2 Å². The van der Waals surface area contributed by atoms with Crippen molar-refractivity contribution in [3.8, 4) is 0 Å². The molecule has 0 aliphatic rings. The van der Waals surface area contributed by atoms with Gasteiger partial charge in [-0.1, -0.05) is 29.8 Å². The number of benzene rings is 1. The second-order valence-corrected chi connectivity index (χ2v) is 6.60. The lowest BCUT2D eigenvalue weighted by molar-refractivity contribution is -0.121. The maximum Gasteiger partial charge on any atom is 0.261 e. The third kappa shape index (κ3) is 4.40. The number of hydrogen-bond donors (Lipinski definition) is 1. The first-order valence-corrected chi connectivity index (χ1v) is 8.18. The number of aryl methyl sites for hydroxylation is 1. The molecule has 0 unspecified atom stereocenters. The highest BCUT2D eigenvalue weighted by Crippen LogP contribution is 2.14. The zero-order valence-corrected chi connectivity index (χ0v) is 14.4. The van der Waals surface area contributed by atoms with E-state index < -0.39 is 0 Å². The monoisotopic (exact) mass is 365 g/mol. The van der Waals surface area contributed by atoms with Gasteiger partial charge in [0.1, 0.15) is 0 Å². The maximum absolute atomic E-state index is 12.4. The average molecular weight is 366 g/mol. The summed E-state index contributed by atoms with van der Waals surface area (Å²) in [6, 6.07) is 5.40. The highest BCUT2D eigenvalue weighted by atomic mass is 79.9. The van der Waals surface area contributed by atoms with Gasteiger partial charge in [-0.2, -0.15) is 0 Å². The predicted molar refractivity (Wildman–Crippen MR) is 90.8 cm³/mol. The first kappa shape index (κ1) is 16.7. The molecular weight excluding hydrogens is 346 g/mol. The van der Waals surface area contributed by atoms with E-state index in [1.807, 2.05) is 6.07 Å². The number of rotatable bonds is 6. The molecule has 0 aliphatic carbocycles. The number of carbonyl (C=O) groups is 1. The number of hydrogen-bond acceptors (Lipinski definition) is 3. The summed E-state index contributed by atoms with van der Waals surface area (Å²) in [4.78, 5) is 28.4. The molecule has 22 heavy (non-hydrogen) atoms. The van der Waals surface area contributed by atoms with Crippen LogP contribution in [0.15, 0.2) is 33.8 Å². The van der Waals surface area contributed by atoms with Crippen LogP contribution in [0.4, 0.5) is 0 Å². The normalized spacial score (nSPS) is 11.1. The SMILES string of the molecule is CC(C)CCNC(=O)CCn1cnc2ccc(Br)cc2c1=O. The summed E-state index contributed by atoms with van der Waals surface area (Å²) in [5, 5.41) is 3.42. The number of fused-ring (bicyclic) bond motifs is 1. The number of carbonyl (C=O) groups excluding carboxylic acids is 1. The van der Waals surface area contributed by atoms with E-state index >= 15 is 0 Å². The summed E-state index contributed by atoms with van der Waals surface area (Å²) in [6.07, 6.45) is 2.73. The molecule has 2 rings (SSSR count). The molecule has 2 aromatic rings. The van der Waals surface area contributed by atoms with Gasteiger partial charge in [-0.25, -0.2) is 4.98 Å². The Kier molecular flexibility index (Phi) is 5.71. The number of halogens is 1. The average Bonchev–Trinajstić information content (AvgIpc) is 2.47. The quantitative estimate of drug-likeness (QED) is 0.855. The molecule has 0 spiro atoms. The van der Waals surface area contributed by atoms with Crippen LogP contribution >= 0.6 is 15.9 Å². The molecule has 1 amide bonds. The molecule has 0 saturated heterocycles. The minimum Gasteiger partial charge on any atom is -0.356 e. The highest BCUT2D eigenvalue weighted by Gasteiger charge is 2.07. The minimum absolute atomic E-state index is 0.0399. The summed E-state index contributed by atoms with van der Waals surface area (Å²) < 4.78 is 2.32. The van der Waals surface area contributed by atoms with Gasteiger partial charge in [-0.05, 0) is 30.5 Å². The van der Waals surface area contributed by atoms with Crippen molar-refractivity contribution in [1.82, 2.24) is 14.9 Å². The Balaban J connectivity index is 2.01. The lowest BCUT2D eigenvalue weighted by Crippen LogP contribution is -2.28. The van der Waals surface area contributed by atoms with E-state index in [4.69, 9.17) is 0 Å². The number of aromatic nitrogens is 2. The van der Waals surface area contributed by atoms with Crippen molar-refractivity contribution in [1.29, 1.82) is 0 Å². The minimum atomic E-state index is -0.124. The van der Waals surface area contributed by atoms with Crippen molar-refractivity contribution in [2.45, 2.75) is 33.2 Å². The van der Waals surface area contributed by atoms with Gasteiger partial charge in [0.2, 0.25) is 5.91 Å². The molecule has 0 bridgehead atoms. The van der Waals surface area contributed by atoms with Crippen LogP contribution in [-0.2, 0) is 11.3 Å². The fourth-order valence-corrected chi connectivity index (χ4v) is 2.46. The van der Waals surface area contributed by atoms with Gasteiger partial charge in [0.15, 0.2) is 0 Å². The topological polar surface area (TPSA) is 64.0 Å². The van der Waals surface area contributed by atoms with Crippen LogP contribution in [0.3, 0.4) is 0 Å². The third-order valence-corrected chi connectivity index (χ3v) is 3.90. The third-order valence-electron chi connectivity index (χ3n) is 3.41. The Labute approximate surface area is 137 Å². The summed E-state index contributed by atoms with van der Waals surface area (Å²) >= 11 is 3.35. The molecule has 118 valence electrons. The summed E-state index contributed by atoms with van der Waals surface area (Å²) in [7, 11) is 0. The van der Waals surface area contributed by atoms with E-state index in [0.29, 0.717) is 29.9 Å². The van der Waals surface area contributed by atoms with Crippen LogP contribution in [0.5, 0.6) is 0 Å². The molecule has 0 fully saturated rings. The first-order chi connectivity index (χ1) is 10.5. The summed E-state index contributed by atoms with van der Waals surface area (Å²) in [5.74, 6) is 0.521. The predicted octanol–water partition coefficient (Wildman–Crippen LogP) is 2.71. The van der Waals surface area contributed by atoms with Crippen molar-refractivity contribution in [2.24, 2.45) is 5.92 Å². The second-order valence-electron chi connectivity index (χ2n) is 5.69. The zero-order valence-electron chi connectivity index (χ0n) is 12.8. The Hall–Kier alpha value is -1.69. The van der Waals surface area contributed by atoms with Gasteiger partial charge in [0.25, 0.3) is 5.56 Å². The molecule has 5 nitrogen and oxygen atoms in total. The van der Waals surface area contributed by atoms with E-state index in [2.05, 4.69) is 40.1 Å². The molecule has 0 aliphatic heterocycles. The van der Waals surface area contributed by atoms with E-state index in [-0.39, 0.29) is 17.9 Å². The zero-order chi connectivity index (χ0) is 16.1. The van der Waals surface area contributed by atoms with Gasteiger partial charge in [-0.15, -0.1) is 0 Å². The molecule has 1 N–H and O–H groups in total. The van der Waals surface area contributed by atoms with E-state index in [1.54, 1.807) is 12.1 Å². The molecule has 1 aromatic heterocycles. The lowest BCUT2D eigenvalue weighted by Gasteiger charge is -2.09. The molecule has 1 aromatic carbocycles. The fourth-order valence-electron chi connectivity index (χ4n) is 2.10. The van der Waals surface area contributed by atoms with Gasteiger partial charge in [0, 0.05) is 24.0 Å². The standard InChI is InChI=1S/C16H20BrN3O2/c1-11(2)5-7-18-15(21)6-8-20-10-19-14-4-3-12(17)9-13(14)16(20)22/h3-4,9-11H,5-8H2,1-2H3,(H,18,21). The van der Waals surface area contributed by atoms with Crippen molar-refractivity contribution in [2.75, 3.05) is 6.54 Å². The smallest absolute Gasteiger partial charge is 0.261 e. The van der Waals surface area contributed by atoms with Gasteiger partial charge < -0.3 is 5.32 Å². The van der Waals surface area contributed by atoms with Crippen LogP contribution in [0.25, 0.3) is 10.9 Å². The van der Waals surface area contributed by atoms with Crippen LogP contribution in [0, 0.1) is 5.92 Å². The summed E-state index contributed by atoms with van der Waals surface area (Å²) in [6.45, 7) is 5.24. The van der Waals surface area contributed by atoms with Gasteiger partial charge >= 0.3 is 0 Å². The Morgan fingerprint density at radius 1 is 1.41 bits per heavy atom. The summed E-state index contributed by atoms with van der Waals surface area (Å²) in [5.41, 5.74) is 0.534. The molecule has 6 heteroatoms. The largest absolute Gasteiger partial charge is 0.356 e. The van der Waals surface area contributed by atoms with E-state index in [9.17, 15) is 9.59 Å². The first-order valence-electron chi connectivity index (χ1n) is 7.39. The van der Waals surface area contributed by atoms with Crippen LogP contribution in [0.2, 0.25) is 0 Å². The fraction of sp³-hybridized carbons (Fsp3) is 0.438. The Bertz CT molecular complexity index is 725. The van der Waals surface area contributed by atoms with Crippen molar-refractivity contribution in [3.63, 3.8) is 0 Å². The highest BCUT2D eigenvalue weighted by molar-refractivity contribution is 9.10. The molecule has 0 saturated carbocycles. The number of amides is 1. The van der Waals surface area contributed by atoms with E-state index in [1.165, 1.54) is 10.9 Å². The van der Waals surface area contributed by atoms with Gasteiger partial charge in [-0.3, -0.25) is 14.2 Å². The van der Waals surface area contributed by atoms with E-state index in [0.717, 1.165) is 10.9 Å². The Morgan fingerprint density at radius 3 is 2.91 bits per heavy atom. The lowest BCUT2D eigenvalue weighted by atomic mass is 10.1. The molecule has 0 atom stereocenters. The van der Waals surface area contributed by atoms with Crippen LogP contribution in [0.1, 0.15) is 26.7 Å². The second kappa shape index (κ2) is 7.54. The van der Waals surface area contributed by atoms with Crippen molar-refractivity contribution < 1.29 is 4.79 Å². The molecule has 0 radical (unpaired) electrons. The maximum atomic E-state index is 12.4. The number of nitrogens with one attached hydrogen (secondary N) is 1. The van der Waals surface area contributed by atoms with Crippen LogP contribution in [-0.4, -0.2) is 22.0 Å². The molecular formula is C16H20BrN3O2. The van der Waals surface area contributed by atoms with Crippen molar-refractivity contribution in [3.05, 3.63) is 39.4 Å².